The molecule has 2 aliphatic rings. The van der Waals surface area contributed by atoms with Crippen molar-refractivity contribution in [2.24, 2.45) is 0 Å². The number of methoxy groups -OCH3 is 1. The van der Waals surface area contributed by atoms with Crippen LogP contribution in [0.25, 0.3) is 0 Å². The van der Waals surface area contributed by atoms with Crippen LogP contribution >= 0.6 is 11.6 Å². The molecule has 0 radical (unpaired) electrons. The Kier molecular flexibility index (Phi) is 6.62. The van der Waals surface area contributed by atoms with Gasteiger partial charge in [0.05, 0.1) is 19.3 Å². The van der Waals surface area contributed by atoms with Crippen molar-refractivity contribution in [3.8, 4) is 17.2 Å². The molecular formula is C22H26ClN3O4. The van der Waals surface area contributed by atoms with Crippen molar-refractivity contribution in [2.75, 3.05) is 58.4 Å². The number of fused-ring (bicyclic) bond motifs is 1. The molecule has 0 saturated carbocycles. The lowest BCUT2D eigenvalue weighted by Crippen LogP contribution is -2.48. The summed E-state index contributed by atoms with van der Waals surface area (Å²) in [6, 6.07) is 11.3. The first-order valence-electron chi connectivity index (χ1n) is 10.1. The molecule has 1 amide bonds. The molecular weight excluding hydrogens is 406 g/mol. The van der Waals surface area contributed by atoms with E-state index in [2.05, 4.69) is 27.2 Å². The number of piperazine rings is 1. The van der Waals surface area contributed by atoms with E-state index in [0.29, 0.717) is 36.2 Å². The van der Waals surface area contributed by atoms with Crippen molar-refractivity contribution in [2.45, 2.75) is 6.54 Å². The van der Waals surface area contributed by atoms with Crippen LogP contribution in [-0.2, 0) is 11.3 Å². The van der Waals surface area contributed by atoms with Gasteiger partial charge in [-0.1, -0.05) is 17.7 Å². The van der Waals surface area contributed by atoms with Crippen LogP contribution < -0.4 is 19.5 Å². The SMILES string of the molecule is COc1ccc(Cl)cc1NC(=O)CN1CCN(Cc2ccc3c(c2)OCCO3)CC1. The number of ether oxygens (including phenoxy) is 3. The third-order valence-corrected chi connectivity index (χ3v) is 5.52. The Morgan fingerprint density at radius 3 is 2.53 bits per heavy atom. The Hall–Kier alpha value is -2.48. The summed E-state index contributed by atoms with van der Waals surface area (Å²) in [5.74, 6) is 2.16. The van der Waals surface area contributed by atoms with Crippen molar-refractivity contribution in [1.29, 1.82) is 0 Å². The standard InChI is InChI=1S/C22H26ClN3O4/c1-28-19-5-3-17(23)13-18(19)24-22(27)15-26-8-6-25(7-9-26)14-16-2-4-20-21(12-16)30-11-10-29-20/h2-5,12-13H,6-11,14-15H2,1H3,(H,24,27). The molecule has 0 spiro atoms. The Labute approximate surface area is 181 Å². The molecule has 0 atom stereocenters. The second kappa shape index (κ2) is 9.55. The maximum Gasteiger partial charge on any atom is 0.238 e. The summed E-state index contributed by atoms with van der Waals surface area (Å²) in [7, 11) is 1.57. The van der Waals surface area contributed by atoms with Gasteiger partial charge in [-0.15, -0.1) is 0 Å². The predicted molar refractivity (Wildman–Crippen MR) is 116 cm³/mol. The van der Waals surface area contributed by atoms with E-state index in [1.807, 2.05) is 6.07 Å². The van der Waals surface area contributed by atoms with E-state index in [0.717, 1.165) is 44.2 Å². The fourth-order valence-corrected chi connectivity index (χ4v) is 3.89. The summed E-state index contributed by atoms with van der Waals surface area (Å²) in [5.41, 5.74) is 1.80. The molecule has 4 rings (SSSR count). The van der Waals surface area contributed by atoms with Gasteiger partial charge in [0, 0.05) is 37.7 Å². The van der Waals surface area contributed by atoms with Crippen LogP contribution in [-0.4, -0.2) is 68.8 Å². The van der Waals surface area contributed by atoms with Crippen molar-refractivity contribution in [3.63, 3.8) is 0 Å². The molecule has 1 N–H and O–H groups in total. The molecule has 0 bridgehead atoms. The van der Waals surface area contributed by atoms with Crippen LogP contribution in [0.3, 0.4) is 0 Å². The second-order valence-corrected chi connectivity index (χ2v) is 7.86. The lowest BCUT2D eigenvalue weighted by molar-refractivity contribution is -0.117. The maximum atomic E-state index is 12.5. The van der Waals surface area contributed by atoms with Gasteiger partial charge in [-0.25, -0.2) is 0 Å². The van der Waals surface area contributed by atoms with Crippen molar-refractivity contribution in [3.05, 3.63) is 47.0 Å². The Morgan fingerprint density at radius 1 is 1.03 bits per heavy atom. The molecule has 1 fully saturated rings. The molecule has 1 saturated heterocycles. The second-order valence-electron chi connectivity index (χ2n) is 7.42. The summed E-state index contributed by atoms with van der Waals surface area (Å²) in [5, 5.41) is 3.45. The number of amides is 1. The number of hydrogen-bond donors (Lipinski definition) is 1. The highest BCUT2D eigenvalue weighted by atomic mass is 35.5. The van der Waals surface area contributed by atoms with E-state index in [1.165, 1.54) is 5.56 Å². The van der Waals surface area contributed by atoms with E-state index in [-0.39, 0.29) is 5.91 Å². The number of nitrogens with zero attached hydrogens (tertiary/aromatic N) is 2. The van der Waals surface area contributed by atoms with E-state index in [9.17, 15) is 4.79 Å². The number of anilines is 1. The van der Waals surface area contributed by atoms with Gasteiger partial charge >= 0.3 is 0 Å². The monoisotopic (exact) mass is 431 g/mol. The summed E-state index contributed by atoms with van der Waals surface area (Å²) < 4.78 is 16.5. The quantitative estimate of drug-likeness (QED) is 0.758. The number of halogens is 1. The lowest BCUT2D eigenvalue weighted by atomic mass is 10.1. The van der Waals surface area contributed by atoms with Crippen LogP contribution in [0, 0.1) is 0 Å². The number of carbonyl (C=O) groups is 1. The van der Waals surface area contributed by atoms with Gasteiger partial charge in [0.15, 0.2) is 11.5 Å². The molecule has 160 valence electrons. The van der Waals surface area contributed by atoms with Crippen molar-refractivity contribution >= 4 is 23.2 Å². The topological polar surface area (TPSA) is 63.3 Å². The number of rotatable bonds is 6. The third kappa shape index (κ3) is 5.16. The van der Waals surface area contributed by atoms with Crippen molar-refractivity contribution in [1.82, 2.24) is 9.80 Å². The minimum absolute atomic E-state index is 0.0733. The van der Waals surface area contributed by atoms with Crippen LogP contribution in [0.15, 0.2) is 36.4 Å². The van der Waals surface area contributed by atoms with Crippen LogP contribution in [0.2, 0.25) is 5.02 Å². The molecule has 0 unspecified atom stereocenters. The number of benzene rings is 2. The molecule has 2 aromatic carbocycles. The molecule has 2 heterocycles. The fourth-order valence-electron chi connectivity index (χ4n) is 3.72. The minimum Gasteiger partial charge on any atom is -0.495 e. The summed E-state index contributed by atoms with van der Waals surface area (Å²) in [4.78, 5) is 17.0. The van der Waals surface area contributed by atoms with E-state index < -0.39 is 0 Å². The van der Waals surface area contributed by atoms with Gasteiger partial charge in [0.1, 0.15) is 19.0 Å². The Morgan fingerprint density at radius 2 is 1.77 bits per heavy atom. The predicted octanol–water partition coefficient (Wildman–Crippen LogP) is 2.88. The largest absolute Gasteiger partial charge is 0.495 e. The molecule has 30 heavy (non-hydrogen) atoms. The number of nitrogens with one attached hydrogen (secondary N) is 1. The molecule has 2 aliphatic heterocycles. The first-order valence-corrected chi connectivity index (χ1v) is 10.4. The molecule has 0 aromatic heterocycles. The van der Waals surface area contributed by atoms with E-state index in [4.69, 9.17) is 25.8 Å². The highest BCUT2D eigenvalue weighted by Gasteiger charge is 2.20. The number of carbonyl (C=O) groups excluding carboxylic acids is 1. The van der Waals surface area contributed by atoms with E-state index >= 15 is 0 Å². The zero-order valence-electron chi connectivity index (χ0n) is 17.0. The summed E-state index contributed by atoms with van der Waals surface area (Å²) in [6.07, 6.45) is 0. The summed E-state index contributed by atoms with van der Waals surface area (Å²) in [6.45, 7) is 5.88. The average Bonchev–Trinajstić information content (AvgIpc) is 2.75. The van der Waals surface area contributed by atoms with Gasteiger partial charge in [0.25, 0.3) is 0 Å². The molecule has 0 aliphatic carbocycles. The summed E-state index contributed by atoms with van der Waals surface area (Å²) >= 11 is 6.03. The molecule has 2 aromatic rings. The highest BCUT2D eigenvalue weighted by Crippen LogP contribution is 2.31. The maximum absolute atomic E-state index is 12.5. The fraction of sp³-hybridized carbons (Fsp3) is 0.409. The third-order valence-electron chi connectivity index (χ3n) is 5.28. The first-order chi connectivity index (χ1) is 14.6. The highest BCUT2D eigenvalue weighted by molar-refractivity contribution is 6.31. The van der Waals surface area contributed by atoms with Crippen LogP contribution in [0.1, 0.15) is 5.56 Å². The van der Waals surface area contributed by atoms with Gasteiger partial charge in [-0.05, 0) is 35.9 Å². The van der Waals surface area contributed by atoms with Crippen LogP contribution in [0.4, 0.5) is 5.69 Å². The van der Waals surface area contributed by atoms with Gasteiger partial charge in [-0.3, -0.25) is 14.6 Å². The smallest absolute Gasteiger partial charge is 0.238 e. The average molecular weight is 432 g/mol. The molecule has 8 heteroatoms. The van der Waals surface area contributed by atoms with Gasteiger partial charge in [-0.2, -0.15) is 0 Å². The Balaban J connectivity index is 1.26. The first kappa shape index (κ1) is 20.8. The lowest BCUT2D eigenvalue weighted by Gasteiger charge is -2.34. The zero-order chi connectivity index (χ0) is 20.9. The normalized spacial score (nSPS) is 16.9. The van der Waals surface area contributed by atoms with E-state index in [1.54, 1.807) is 25.3 Å². The number of hydrogen-bond acceptors (Lipinski definition) is 6. The molecule has 7 nitrogen and oxygen atoms in total. The van der Waals surface area contributed by atoms with Crippen LogP contribution in [0.5, 0.6) is 17.2 Å². The Bertz CT molecular complexity index is 900. The van der Waals surface area contributed by atoms with Gasteiger partial charge < -0.3 is 19.5 Å². The minimum atomic E-state index is -0.0733. The zero-order valence-corrected chi connectivity index (χ0v) is 17.8. The van der Waals surface area contributed by atoms with Gasteiger partial charge in [0.2, 0.25) is 5.91 Å². The van der Waals surface area contributed by atoms with Crippen molar-refractivity contribution < 1.29 is 19.0 Å².